The Morgan fingerprint density at radius 3 is 2.47 bits per heavy atom. The highest BCUT2D eigenvalue weighted by Crippen LogP contribution is 2.22. The molecule has 1 aromatic carbocycles. The SMILES string of the molecule is COc1ccc(CNCC(OC)OC)c(O)c1. The third-order valence-electron chi connectivity index (χ3n) is 2.44. The van der Waals surface area contributed by atoms with Crippen molar-refractivity contribution in [2.75, 3.05) is 27.9 Å². The van der Waals surface area contributed by atoms with Crippen LogP contribution in [0.25, 0.3) is 0 Å². The van der Waals surface area contributed by atoms with Crippen molar-refractivity contribution in [3.8, 4) is 11.5 Å². The molecule has 0 amide bonds. The first-order chi connectivity index (χ1) is 8.21. The molecule has 0 radical (unpaired) electrons. The van der Waals surface area contributed by atoms with Crippen molar-refractivity contribution in [3.63, 3.8) is 0 Å². The standard InChI is InChI=1S/C12H19NO4/c1-15-10-5-4-9(11(14)6-10)7-13-8-12(16-2)17-3/h4-6,12-14H,7-8H2,1-3H3. The summed E-state index contributed by atoms with van der Waals surface area (Å²) < 4.78 is 15.1. The Labute approximate surface area is 101 Å². The molecule has 0 saturated heterocycles. The lowest BCUT2D eigenvalue weighted by atomic mass is 10.2. The lowest BCUT2D eigenvalue weighted by Crippen LogP contribution is -2.29. The lowest BCUT2D eigenvalue weighted by Gasteiger charge is -2.14. The summed E-state index contributed by atoms with van der Waals surface area (Å²) in [5, 5.41) is 12.9. The Hall–Kier alpha value is -1.30. The van der Waals surface area contributed by atoms with E-state index in [0.717, 1.165) is 5.56 Å². The zero-order valence-corrected chi connectivity index (χ0v) is 10.4. The topological polar surface area (TPSA) is 60.0 Å². The zero-order chi connectivity index (χ0) is 12.7. The fourth-order valence-corrected chi connectivity index (χ4v) is 1.41. The molecule has 0 heterocycles. The van der Waals surface area contributed by atoms with Gasteiger partial charge in [-0.3, -0.25) is 0 Å². The number of methoxy groups -OCH3 is 3. The van der Waals surface area contributed by atoms with Crippen LogP contribution in [0.15, 0.2) is 18.2 Å². The second-order valence-corrected chi connectivity index (χ2v) is 3.53. The molecule has 5 nitrogen and oxygen atoms in total. The average Bonchev–Trinajstić information content (AvgIpc) is 2.36. The van der Waals surface area contributed by atoms with Gasteiger partial charge in [0.05, 0.1) is 7.11 Å². The van der Waals surface area contributed by atoms with Gasteiger partial charge < -0.3 is 24.6 Å². The molecule has 0 saturated carbocycles. The van der Waals surface area contributed by atoms with E-state index in [1.54, 1.807) is 33.5 Å². The summed E-state index contributed by atoms with van der Waals surface area (Å²) in [5.41, 5.74) is 0.803. The highest BCUT2D eigenvalue weighted by molar-refractivity contribution is 5.39. The van der Waals surface area contributed by atoms with Crippen LogP contribution in [0.4, 0.5) is 0 Å². The van der Waals surface area contributed by atoms with Gasteiger partial charge in [0.15, 0.2) is 6.29 Å². The Balaban J connectivity index is 2.46. The van der Waals surface area contributed by atoms with Gasteiger partial charge in [0.2, 0.25) is 0 Å². The van der Waals surface area contributed by atoms with Gasteiger partial charge in [-0.15, -0.1) is 0 Å². The van der Waals surface area contributed by atoms with Crippen molar-refractivity contribution in [2.24, 2.45) is 0 Å². The first-order valence-electron chi connectivity index (χ1n) is 5.33. The third-order valence-corrected chi connectivity index (χ3v) is 2.44. The van der Waals surface area contributed by atoms with Crippen LogP contribution in [0.5, 0.6) is 11.5 Å². The fraction of sp³-hybridized carbons (Fsp3) is 0.500. The summed E-state index contributed by atoms with van der Waals surface area (Å²) in [4.78, 5) is 0. The molecule has 0 spiro atoms. The van der Waals surface area contributed by atoms with Gasteiger partial charge in [0.1, 0.15) is 11.5 Å². The number of phenols is 1. The van der Waals surface area contributed by atoms with Crippen LogP contribution >= 0.6 is 0 Å². The van der Waals surface area contributed by atoms with Gasteiger partial charge in [0.25, 0.3) is 0 Å². The number of nitrogens with one attached hydrogen (secondary N) is 1. The maximum absolute atomic E-state index is 9.72. The van der Waals surface area contributed by atoms with E-state index in [1.807, 2.05) is 6.07 Å². The molecule has 0 aromatic heterocycles. The van der Waals surface area contributed by atoms with E-state index in [-0.39, 0.29) is 12.0 Å². The maximum atomic E-state index is 9.72. The molecule has 1 rings (SSSR count). The van der Waals surface area contributed by atoms with Gasteiger partial charge in [-0.05, 0) is 6.07 Å². The summed E-state index contributed by atoms with van der Waals surface area (Å²) in [6, 6.07) is 5.21. The highest BCUT2D eigenvalue weighted by atomic mass is 16.7. The zero-order valence-electron chi connectivity index (χ0n) is 10.4. The molecule has 96 valence electrons. The van der Waals surface area contributed by atoms with Crippen molar-refractivity contribution in [1.82, 2.24) is 5.32 Å². The minimum Gasteiger partial charge on any atom is -0.507 e. The number of phenolic OH excluding ortho intramolecular Hbond substituents is 1. The molecule has 0 atom stereocenters. The number of hydrogen-bond donors (Lipinski definition) is 2. The maximum Gasteiger partial charge on any atom is 0.169 e. The average molecular weight is 241 g/mol. The van der Waals surface area contributed by atoms with Crippen LogP contribution in [-0.4, -0.2) is 39.3 Å². The molecule has 1 aromatic rings. The van der Waals surface area contributed by atoms with Crippen LogP contribution in [0, 0.1) is 0 Å². The molecular formula is C12H19NO4. The van der Waals surface area contributed by atoms with Crippen molar-refractivity contribution in [3.05, 3.63) is 23.8 Å². The van der Waals surface area contributed by atoms with Crippen molar-refractivity contribution in [1.29, 1.82) is 0 Å². The number of benzene rings is 1. The second-order valence-electron chi connectivity index (χ2n) is 3.53. The summed E-state index contributed by atoms with van der Waals surface area (Å²) in [7, 11) is 4.73. The van der Waals surface area contributed by atoms with Crippen molar-refractivity contribution in [2.45, 2.75) is 12.8 Å². The molecule has 0 aliphatic carbocycles. The van der Waals surface area contributed by atoms with Crippen LogP contribution in [0.3, 0.4) is 0 Å². The largest absolute Gasteiger partial charge is 0.507 e. The summed E-state index contributed by atoms with van der Waals surface area (Å²) in [5.74, 6) is 0.848. The minimum absolute atomic E-state index is 0.211. The van der Waals surface area contributed by atoms with Crippen LogP contribution < -0.4 is 10.1 Å². The summed E-state index contributed by atoms with van der Waals surface area (Å²) >= 11 is 0. The number of hydrogen-bond acceptors (Lipinski definition) is 5. The van der Waals surface area contributed by atoms with E-state index in [4.69, 9.17) is 14.2 Å². The normalized spacial score (nSPS) is 10.8. The number of aromatic hydroxyl groups is 1. The monoisotopic (exact) mass is 241 g/mol. The molecule has 2 N–H and O–H groups in total. The second kappa shape index (κ2) is 7.11. The van der Waals surface area contributed by atoms with Crippen LogP contribution in [0.2, 0.25) is 0 Å². The van der Waals surface area contributed by atoms with Gasteiger partial charge in [-0.25, -0.2) is 0 Å². The third kappa shape index (κ3) is 4.22. The highest BCUT2D eigenvalue weighted by Gasteiger charge is 2.06. The summed E-state index contributed by atoms with van der Waals surface area (Å²) in [6.45, 7) is 1.09. The molecule has 0 unspecified atom stereocenters. The van der Waals surface area contributed by atoms with E-state index in [1.165, 1.54) is 0 Å². The molecule has 17 heavy (non-hydrogen) atoms. The summed E-state index contributed by atoms with van der Waals surface area (Å²) in [6.07, 6.45) is -0.282. The molecule has 0 bridgehead atoms. The lowest BCUT2D eigenvalue weighted by molar-refractivity contribution is -0.0989. The molecule has 0 aliphatic rings. The van der Waals surface area contributed by atoms with E-state index in [2.05, 4.69) is 5.32 Å². The smallest absolute Gasteiger partial charge is 0.169 e. The Morgan fingerprint density at radius 2 is 1.94 bits per heavy atom. The Morgan fingerprint density at radius 1 is 1.24 bits per heavy atom. The number of ether oxygens (including phenoxy) is 3. The predicted octanol–water partition coefficient (Wildman–Crippen LogP) is 1.11. The molecular weight excluding hydrogens is 222 g/mol. The Bertz CT molecular complexity index is 339. The first kappa shape index (κ1) is 13.8. The molecule has 5 heteroatoms. The number of rotatable bonds is 7. The molecule has 0 fully saturated rings. The van der Waals surface area contributed by atoms with E-state index < -0.39 is 0 Å². The Kier molecular flexibility index (Phi) is 5.76. The first-order valence-corrected chi connectivity index (χ1v) is 5.33. The van der Waals surface area contributed by atoms with E-state index in [9.17, 15) is 5.11 Å². The van der Waals surface area contributed by atoms with E-state index >= 15 is 0 Å². The quantitative estimate of drug-likeness (QED) is 0.700. The van der Waals surface area contributed by atoms with Crippen LogP contribution in [0.1, 0.15) is 5.56 Å². The minimum atomic E-state index is -0.282. The van der Waals surface area contributed by atoms with Crippen molar-refractivity contribution < 1.29 is 19.3 Å². The van der Waals surface area contributed by atoms with Crippen LogP contribution in [-0.2, 0) is 16.0 Å². The molecule has 0 aliphatic heterocycles. The van der Waals surface area contributed by atoms with Crippen molar-refractivity contribution >= 4 is 0 Å². The predicted molar refractivity (Wildman–Crippen MR) is 64.2 cm³/mol. The van der Waals surface area contributed by atoms with E-state index in [0.29, 0.717) is 18.8 Å². The fourth-order valence-electron chi connectivity index (χ4n) is 1.41. The van der Waals surface area contributed by atoms with Gasteiger partial charge >= 0.3 is 0 Å². The van der Waals surface area contributed by atoms with Gasteiger partial charge in [-0.2, -0.15) is 0 Å². The van der Waals surface area contributed by atoms with Gasteiger partial charge in [-0.1, -0.05) is 6.07 Å². The van der Waals surface area contributed by atoms with Gasteiger partial charge in [0, 0.05) is 38.9 Å².